The van der Waals surface area contributed by atoms with Gasteiger partial charge in [-0.15, -0.1) is 0 Å². The molecule has 0 spiro atoms. The number of anilines is 2. The first-order chi connectivity index (χ1) is 12.5. The fourth-order valence-electron chi connectivity index (χ4n) is 2.58. The van der Waals surface area contributed by atoms with Crippen LogP contribution in [0.2, 0.25) is 0 Å². The van der Waals surface area contributed by atoms with Crippen molar-refractivity contribution in [1.29, 1.82) is 0 Å². The fraction of sp³-hybridized carbons (Fsp3) is 0.0909. The molecule has 0 unspecified atom stereocenters. The Morgan fingerprint density at radius 1 is 0.654 bits per heavy atom. The van der Waals surface area contributed by atoms with Crippen molar-refractivity contribution in [3.63, 3.8) is 0 Å². The van der Waals surface area contributed by atoms with Crippen molar-refractivity contribution >= 4 is 23.2 Å². The van der Waals surface area contributed by atoms with Crippen molar-refractivity contribution < 1.29 is 9.59 Å². The van der Waals surface area contributed by atoms with Gasteiger partial charge in [0.25, 0.3) is 11.8 Å². The van der Waals surface area contributed by atoms with Crippen LogP contribution in [0.25, 0.3) is 0 Å². The Labute approximate surface area is 152 Å². The van der Waals surface area contributed by atoms with Gasteiger partial charge in [0.05, 0.1) is 0 Å². The first-order valence-corrected chi connectivity index (χ1v) is 8.38. The Hall–Kier alpha value is -3.40. The van der Waals surface area contributed by atoms with Gasteiger partial charge >= 0.3 is 0 Å². The van der Waals surface area contributed by atoms with Crippen molar-refractivity contribution in [2.24, 2.45) is 0 Å². The van der Waals surface area contributed by atoms with Crippen molar-refractivity contribution in [2.45, 2.75) is 13.8 Å². The average Bonchev–Trinajstić information content (AvgIpc) is 2.66. The molecular formula is C22H20N2O2. The van der Waals surface area contributed by atoms with E-state index < -0.39 is 0 Å². The standard InChI is InChI=1S/C22H20N2O2/c1-15-7-6-10-20(16(15)2)24-22(26)18-11-13-19(14-12-18)23-21(25)17-8-4-3-5-9-17/h3-14H,1-2H3,(H,23,25)(H,24,26). The smallest absolute Gasteiger partial charge is 0.255 e. The van der Waals surface area contributed by atoms with Gasteiger partial charge < -0.3 is 10.6 Å². The molecule has 2 N–H and O–H groups in total. The number of carbonyl (C=O) groups is 2. The number of amides is 2. The minimum atomic E-state index is -0.182. The second-order valence-corrected chi connectivity index (χ2v) is 6.10. The summed E-state index contributed by atoms with van der Waals surface area (Å²) in [5, 5.41) is 5.75. The summed E-state index contributed by atoms with van der Waals surface area (Å²) >= 11 is 0. The van der Waals surface area contributed by atoms with E-state index >= 15 is 0 Å². The molecule has 4 heteroatoms. The zero-order valence-corrected chi connectivity index (χ0v) is 14.7. The average molecular weight is 344 g/mol. The van der Waals surface area contributed by atoms with Gasteiger partial charge in [-0.25, -0.2) is 0 Å². The summed E-state index contributed by atoms with van der Waals surface area (Å²) in [7, 11) is 0. The number of carbonyl (C=O) groups excluding carboxylic acids is 2. The number of rotatable bonds is 4. The van der Waals surface area contributed by atoms with E-state index in [1.54, 1.807) is 36.4 Å². The van der Waals surface area contributed by atoms with Crippen LogP contribution in [0.3, 0.4) is 0 Å². The van der Waals surface area contributed by atoms with Gasteiger partial charge in [-0.1, -0.05) is 30.3 Å². The van der Waals surface area contributed by atoms with Gasteiger partial charge in [-0.2, -0.15) is 0 Å². The molecule has 0 aliphatic heterocycles. The largest absolute Gasteiger partial charge is 0.322 e. The highest BCUT2D eigenvalue weighted by atomic mass is 16.2. The Morgan fingerprint density at radius 2 is 1.27 bits per heavy atom. The lowest BCUT2D eigenvalue weighted by Crippen LogP contribution is -2.14. The van der Waals surface area contributed by atoms with Crippen molar-refractivity contribution in [2.75, 3.05) is 10.6 Å². The van der Waals surface area contributed by atoms with E-state index in [1.807, 2.05) is 50.2 Å². The van der Waals surface area contributed by atoms with Crippen LogP contribution in [0, 0.1) is 13.8 Å². The molecule has 0 heterocycles. The third-order valence-electron chi connectivity index (χ3n) is 4.29. The van der Waals surface area contributed by atoms with Crippen LogP contribution in [-0.4, -0.2) is 11.8 Å². The molecule has 0 saturated carbocycles. The minimum absolute atomic E-state index is 0.181. The number of hydrogen-bond acceptors (Lipinski definition) is 2. The van der Waals surface area contributed by atoms with Gasteiger partial charge in [0.1, 0.15) is 0 Å². The highest BCUT2D eigenvalue weighted by molar-refractivity contribution is 6.06. The Morgan fingerprint density at radius 3 is 1.96 bits per heavy atom. The van der Waals surface area contributed by atoms with Crippen LogP contribution < -0.4 is 10.6 Å². The zero-order chi connectivity index (χ0) is 18.5. The number of benzene rings is 3. The zero-order valence-electron chi connectivity index (χ0n) is 14.7. The summed E-state index contributed by atoms with van der Waals surface area (Å²) in [6.45, 7) is 3.99. The van der Waals surface area contributed by atoms with E-state index in [2.05, 4.69) is 10.6 Å². The van der Waals surface area contributed by atoms with E-state index in [0.29, 0.717) is 16.8 Å². The maximum atomic E-state index is 12.4. The van der Waals surface area contributed by atoms with Crippen LogP contribution >= 0.6 is 0 Å². The molecule has 0 aliphatic carbocycles. The molecule has 0 aliphatic rings. The molecular weight excluding hydrogens is 324 g/mol. The molecule has 0 radical (unpaired) electrons. The highest BCUT2D eigenvalue weighted by Gasteiger charge is 2.10. The molecule has 0 bridgehead atoms. The Balaban J connectivity index is 1.68. The predicted molar refractivity (Wildman–Crippen MR) is 105 cm³/mol. The summed E-state index contributed by atoms with van der Waals surface area (Å²) < 4.78 is 0. The Bertz CT molecular complexity index is 932. The number of aryl methyl sites for hydroxylation is 1. The van der Waals surface area contributed by atoms with Gasteiger partial charge in [-0.3, -0.25) is 9.59 Å². The maximum Gasteiger partial charge on any atom is 0.255 e. The highest BCUT2D eigenvalue weighted by Crippen LogP contribution is 2.19. The molecule has 0 atom stereocenters. The third kappa shape index (κ3) is 3.98. The van der Waals surface area contributed by atoms with Crippen molar-refractivity contribution in [3.05, 3.63) is 95.1 Å². The van der Waals surface area contributed by atoms with Crippen LogP contribution in [0.4, 0.5) is 11.4 Å². The van der Waals surface area contributed by atoms with E-state index in [1.165, 1.54) is 0 Å². The van der Waals surface area contributed by atoms with Gasteiger partial charge in [-0.05, 0) is 67.4 Å². The maximum absolute atomic E-state index is 12.4. The van der Waals surface area contributed by atoms with E-state index in [4.69, 9.17) is 0 Å². The van der Waals surface area contributed by atoms with E-state index in [9.17, 15) is 9.59 Å². The van der Waals surface area contributed by atoms with Gasteiger partial charge in [0.15, 0.2) is 0 Å². The quantitative estimate of drug-likeness (QED) is 0.714. The van der Waals surface area contributed by atoms with Crippen LogP contribution in [0.15, 0.2) is 72.8 Å². The topological polar surface area (TPSA) is 58.2 Å². The van der Waals surface area contributed by atoms with Crippen LogP contribution in [0.1, 0.15) is 31.8 Å². The normalized spacial score (nSPS) is 10.2. The van der Waals surface area contributed by atoms with Crippen LogP contribution in [0.5, 0.6) is 0 Å². The molecule has 0 saturated heterocycles. The molecule has 3 rings (SSSR count). The third-order valence-corrected chi connectivity index (χ3v) is 4.29. The van der Waals surface area contributed by atoms with Crippen molar-refractivity contribution in [1.82, 2.24) is 0 Å². The summed E-state index contributed by atoms with van der Waals surface area (Å²) in [4.78, 5) is 24.6. The number of hydrogen-bond donors (Lipinski definition) is 2. The molecule has 0 fully saturated rings. The van der Waals surface area contributed by atoms with Crippen molar-refractivity contribution in [3.8, 4) is 0 Å². The molecule has 130 valence electrons. The van der Waals surface area contributed by atoms with E-state index in [0.717, 1.165) is 16.8 Å². The molecule has 2 amide bonds. The SMILES string of the molecule is Cc1cccc(NC(=O)c2ccc(NC(=O)c3ccccc3)cc2)c1C. The molecule has 3 aromatic rings. The predicted octanol–water partition coefficient (Wildman–Crippen LogP) is 4.81. The summed E-state index contributed by atoms with van der Waals surface area (Å²) in [6, 6.07) is 21.6. The van der Waals surface area contributed by atoms with Crippen LogP contribution in [-0.2, 0) is 0 Å². The lowest BCUT2D eigenvalue weighted by Gasteiger charge is -2.11. The molecule has 0 aromatic heterocycles. The molecule has 3 aromatic carbocycles. The van der Waals surface area contributed by atoms with E-state index in [-0.39, 0.29) is 11.8 Å². The first-order valence-electron chi connectivity index (χ1n) is 8.38. The minimum Gasteiger partial charge on any atom is -0.322 e. The summed E-state index contributed by atoms with van der Waals surface area (Å²) in [5.74, 6) is -0.363. The lowest BCUT2D eigenvalue weighted by atomic mass is 10.1. The monoisotopic (exact) mass is 344 g/mol. The van der Waals surface area contributed by atoms with Gasteiger partial charge in [0.2, 0.25) is 0 Å². The van der Waals surface area contributed by atoms with Gasteiger partial charge in [0, 0.05) is 22.5 Å². The summed E-state index contributed by atoms with van der Waals surface area (Å²) in [6.07, 6.45) is 0. The lowest BCUT2D eigenvalue weighted by molar-refractivity contribution is 0.102. The summed E-state index contributed by atoms with van der Waals surface area (Å²) in [5.41, 5.74) is 4.74. The fourth-order valence-corrected chi connectivity index (χ4v) is 2.58. The number of nitrogens with one attached hydrogen (secondary N) is 2. The molecule has 4 nitrogen and oxygen atoms in total. The first kappa shape index (κ1) is 17.4. The Kier molecular flexibility index (Phi) is 5.13. The molecule has 26 heavy (non-hydrogen) atoms. The second-order valence-electron chi connectivity index (χ2n) is 6.10. The second kappa shape index (κ2) is 7.66.